The summed E-state index contributed by atoms with van der Waals surface area (Å²) < 4.78 is 11.2. The molecule has 0 aromatic carbocycles. The van der Waals surface area contributed by atoms with Crippen molar-refractivity contribution in [3.05, 3.63) is 47.4 Å². The molecule has 14 heavy (non-hydrogen) atoms. The fourth-order valence-corrected chi connectivity index (χ4v) is 1.42. The Bertz CT molecular complexity index is 364. The van der Waals surface area contributed by atoms with Gasteiger partial charge in [0.25, 0.3) is 0 Å². The Morgan fingerprint density at radius 3 is 2.36 bits per heavy atom. The van der Waals surface area contributed by atoms with Crippen LogP contribution < -0.4 is 4.73 Å². The molecule has 4 nitrogen and oxygen atoms in total. The number of aromatic nitrogens is 2. The molecule has 0 fully saturated rings. The van der Waals surface area contributed by atoms with Gasteiger partial charge >= 0.3 is 16.0 Å². The number of pyridine rings is 1. The van der Waals surface area contributed by atoms with Crippen molar-refractivity contribution in [3.8, 4) is 0 Å². The minimum atomic E-state index is 0.433. The number of thiazole rings is 1. The van der Waals surface area contributed by atoms with E-state index in [2.05, 4.69) is 4.98 Å². The maximum Gasteiger partial charge on any atom is 0.539 e. The topological polar surface area (TPSA) is 56.9 Å². The average Bonchev–Trinajstić information content (AvgIpc) is 2.72. The second-order valence-corrected chi connectivity index (χ2v) is 3.82. The molecule has 6 heteroatoms. The van der Waals surface area contributed by atoms with E-state index in [9.17, 15) is 9.42 Å². The smallest absolute Gasteiger partial charge is 0.539 e. The van der Waals surface area contributed by atoms with Crippen LogP contribution in [0.25, 0.3) is 0 Å². The number of rotatable bonds is 1. The van der Waals surface area contributed by atoms with Gasteiger partial charge in [-0.2, -0.15) is 9.71 Å². The first-order chi connectivity index (χ1) is 6.83. The molecule has 0 atom stereocenters. The molecule has 0 saturated heterocycles. The summed E-state index contributed by atoms with van der Waals surface area (Å²) >= 11 is 1.80. The standard InChI is InChI=1S/C5H5NO.C3H2NOS2/c7-6-4-2-1-3-5-6;5-7-3-4-1-2-6-3/h1-5H;1-2H/q;+1. The van der Waals surface area contributed by atoms with Crippen LogP contribution >= 0.6 is 11.3 Å². The second kappa shape index (κ2) is 6.11. The van der Waals surface area contributed by atoms with E-state index in [1.165, 1.54) is 23.7 Å². The SMILES string of the molecule is O=[S+]c1nccs1.[O-][n+]1ccccc1. The van der Waals surface area contributed by atoms with Crippen LogP contribution in [0.15, 0.2) is 46.5 Å². The molecule has 72 valence electrons. The predicted molar refractivity (Wildman–Crippen MR) is 53.8 cm³/mol. The molecule has 2 aromatic rings. The first kappa shape index (κ1) is 10.7. The van der Waals surface area contributed by atoms with Crippen LogP contribution in [0.4, 0.5) is 0 Å². The van der Waals surface area contributed by atoms with E-state index >= 15 is 0 Å². The van der Waals surface area contributed by atoms with E-state index in [1.54, 1.807) is 29.8 Å². The van der Waals surface area contributed by atoms with Gasteiger partial charge in [0.2, 0.25) is 0 Å². The summed E-state index contributed by atoms with van der Waals surface area (Å²) in [6.45, 7) is 0. The first-order valence-electron chi connectivity index (χ1n) is 3.66. The summed E-state index contributed by atoms with van der Waals surface area (Å²) in [5.74, 6) is 0. The monoisotopic (exact) mass is 227 g/mol. The van der Waals surface area contributed by atoms with Crippen LogP contribution in [0.5, 0.6) is 0 Å². The Labute approximate surface area is 88.9 Å². The van der Waals surface area contributed by atoms with E-state index in [0.717, 1.165) is 4.73 Å². The summed E-state index contributed by atoms with van der Waals surface area (Å²) in [6.07, 6.45) is 4.50. The zero-order valence-corrected chi connectivity index (χ0v) is 8.70. The number of nitrogens with zero attached hydrogens (tertiary/aromatic N) is 2. The fourth-order valence-electron chi connectivity index (χ4n) is 0.634. The quantitative estimate of drug-likeness (QED) is 0.418. The molecule has 0 saturated carbocycles. The second-order valence-electron chi connectivity index (χ2n) is 2.12. The molecule has 0 aliphatic carbocycles. The van der Waals surface area contributed by atoms with Crippen LogP contribution in [-0.4, -0.2) is 4.98 Å². The minimum Gasteiger partial charge on any atom is -0.619 e. The molecule has 0 bridgehead atoms. The van der Waals surface area contributed by atoms with Gasteiger partial charge in [-0.05, 0) is 0 Å². The average molecular weight is 227 g/mol. The molecule has 0 aliphatic heterocycles. The molecule has 2 aromatic heterocycles. The Morgan fingerprint density at radius 1 is 1.36 bits per heavy atom. The maximum absolute atomic E-state index is 10.2. The van der Waals surface area contributed by atoms with Crippen molar-refractivity contribution >= 4 is 23.0 Å². The lowest BCUT2D eigenvalue weighted by molar-refractivity contribution is -0.605. The first-order valence-corrected chi connectivity index (χ1v) is 5.28. The highest BCUT2D eigenvalue weighted by Gasteiger charge is 2.05. The normalized spacial score (nSPS) is 8.57. The molecular weight excluding hydrogens is 220 g/mol. The molecular formula is C8H7N2O2S2+. The lowest BCUT2D eigenvalue weighted by Crippen LogP contribution is -2.22. The zero-order chi connectivity index (χ0) is 10.2. The summed E-state index contributed by atoms with van der Waals surface area (Å²) in [5, 5.41) is 12.0. The lowest BCUT2D eigenvalue weighted by atomic mass is 10.5. The minimum absolute atomic E-state index is 0.433. The molecule has 2 rings (SSSR count). The van der Waals surface area contributed by atoms with Gasteiger partial charge in [0.15, 0.2) is 12.4 Å². The van der Waals surface area contributed by atoms with Crippen LogP contribution in [0.1, 0.15) is 0 Å². The number of hydrogen-bond donors (Lipinski definition) is 0. The summed E-state index contributed by atoms with van der Waals surface area (Å²) in [6, 6.07) is 5.18. The van der Waals surface area contributed by atoms with Crippen molar-refractivity contribution in [1.82, 2.24) is 4.98 Å². The van der Waals surface area contributed by atoms with Gasteiger partial charge in [-0.1, -0.05) is 17.4 Å². The van der Waals surface area contributed by atoms with Gasteiger partial charge in [-0.15, -0.1) is 0 Å². The zero-order valence-electron chi connectivity index (χ0n) is 7.07. The van der Waals surface area contributed by atoms with Gasteiger partial charge < -0.3 is 5.21 Å². The van der Waals surface area contributed by atoms with Crippen LogP contribution in [0.3, 0.4) is 0 Å². The Morgan fingerprint density at radius 2 is 2.07 bits per heavy atom. The van der Waals surface area contributed by atoms with Gasteiger partial charge in [0.1, 0.15) is 0 Å². The van der Waals surface area contributed by atoms with Gasteiger partial charge in [0, 0.05) is 27.9 Å². The third kappa shape index (κ3) is 4.01. The molecule has 0 radical (unpaired) electrons. The van der Waals surface area contributed by atoms with Crippen molar-refractivity contribution in [1.29, 1.82) is 0 Å². The molecule has 0 amide bonds. The Hall–Kier alpha value is -1.40. The highest BCUT2D eigenvalue weighted by molar-refractivity contribution is 7.68. The van der Waals surface area contributed by atoms with E-state index < -0.39 is 0 Å². The maximum atomic E-state index is 10.2. The Balaban J connectivity index is 0.000000140. The highest BCUT2D eigenvalue weighted by Crippen LogP contribution is 2.01. The molecule has 2 heterocycles. The fraction of sp³-hybridized carbons (Fsp3) is 0. The molecule has 0 N–H and O–H groups in total. The summed E-state index contributed by atoms with van der Waals surface area (Å²) in [4.78, 5) is 3.70. The van der Waals surface area contributed by atoms with Crippen molar-refractivity contribution < 1.29 is 8.94 Å². The van der Waals surface area contributed by atoms with Crippen LogP contribution in [-0.2, 0) is 15.9 Å². The third-order valence-corrected chi connectivity index (χ3v) is 2.47. The Kier molecular flexibility index (Phi) is 4.66. The third-order valence-electron chi connectivity index (χ3n) is 1.17. The van der Waals surface area contributed by atoms with Crippen molar-refractivity contribution in [2.24, 2.45) is 0 Å². The van der Waals surface area contributed by atoms with Crippen LogP contribution in [0, 0.1) is 5.21 Å². The summed E-state index contributed by atoms with van der Waals surface area (Å²) in [7, 11) is 0. The van der Waals surface area contributed by atoms with E-state index in [0.29, 0.717) is 16.0 Å². The van der Waals surface area contributed by atoms with Gasteiger partial charge in [-0.3, -0.25) is 0 Å². The lowest BCUT2D eigenvalue weighted by Gasteiger charge is -1.88. The molecule has 0 spiro atoms. The van der Waals surface area contributed by atoms with E-state index in [-0.39, 0.29) is 0 Å². The van der Waals surface area contributed by atoms with Gasteiger partial charge in [0.05, 0.1) is 0 Å². The van der Waals surface area contributed by atoms with Crippen LogP contribution in [0.2, 0.25) is 0 Å². The molecule has 0 unspecified atom stereocenters. The van der Waals surface area contributed by atoms with E-state index in [1.807, 2.05) is 0 Å². The predicted octanol–water partition coefficient (Wildman–Crippen LogP) is 1.25. The van der Waals surface area contributed by atoms with Gasteiger partial charge in [-0.25, -0.2) is 0 Å². The number of hydrogen-bond acceptors (Lipinski definition) is 4. The summed E-state index contributed by atoms with van der Waals surface area (Å²) in [5.41, 5.74) is 0. The highest BCUT2D eigenvalue weighted by atomic mass is 32.2. The van der Waals surface area contributed by atoms with Crippen molar-refractivity contribution in [3.63, 3.8) is 0 Å². The van der Waals surface area contributed by atoms with Crippen molar-refractivity contribution in [2.75, 3.05) is 0 Å². The largest absolute Gasteiger partial charge is 0.619 e. The molecule has 0 aliphatic rings. The van der Waals surface area contributed by atoms with Crippen molar-refractivity contribution in [2.45, 2.75) is 4.34 Å². The van der Waals surface area contributed by atoms with E-state index in [4.69, 9.17) is 0 Å².